The van der Waals surface area contributed by atoms with E-state index >= 15 is 0 Å². The van der Waals surface area contributed by atoms with Crippen LogP contribution in [0.4, 0.5) is 0 Å². The third-order valence-electron chi connectivity index (χ3n) is 2.44. The molecule has 1 rings (SSSR count). The van der Waals surface area contributed by atoms with Gasteiger partial charge in [0, 0.05) is 12.0 Å². The Balaban J connectivity index is 2.68. The second-order valence-corrected chi connectivity index (χ2v) is 4.89. The summed E-state index contributed by atoms with van der Waals surface area (Å²) in [6, 6.07) is 0. The summed E-state index contributed by atoms with van der Waals surface area (Å²) in [6.07, 6.45) is -0.509. The maximum absolute atomic E-state index is 12.0. The van der Waals surface area contributed by atoms with Gasteiger partial charge in [-0.2, -0.15) is 0 Å². The van der Waals surface area contributed by atoms with E-state index in [9.17, 15) is 4.79 Å². The van der Waals surface area contributed by atoms with E-state index in [0.717, 1.165) is 0 Å². The first-order valence-electron chi connectivity index (χ1n) is 5.24. The molecule has 1 saturated heterocycles. The van der Waals surface area contributed by atoms with E-state index in [1.54, 1.807) is 4.90 Å². The van der Waals surface area contributed by atoms with Crippen molar-refractivity contribution in [2.24, 2.45) is 16.3 Å². The summed E-state index contributed by atoms with van der Waals surface area (Å²) in [6.45, 7) is 6.88. The lowest BCUT2D eigenvalue weighted by atomic mass is 9.94. The monoisotopic (exact) mass is 229 g/mol. The summed E-state index contributed by atoms with van der Waals surface area (Å²) in [7, 11) is 0. The van der Waals surface area contributed by atoms with E-state index in [1.807, 2.05) is 20.8 Å². The van der Waals surface area contributed by atoms with Crippen LogP contribution in [0.3, 0.4) is 0 Å². The van der Waals surface area contributed by atoms with Gasteiger partial charge in [0.15, 0.2) is 5.84 Å². The first kappa shape index (κ1) is 12.8. The van der Waals surface area contributed by atoms with Gasteiger partial charge >= 0.3 is 0 Å². The number of nitrogens with zero attached hydrogens (tertiary/aromatic N) is 2. The van der Waals surface area contributed by atoms with Gasteiger partial charge in [-0.1, -0.05) is 25.9 Å². The number of amides is 1. The first-order chi connectivity index (χ1) is 7.36. The molecule has 0 aromatic rings. The molecule has 0 aromatic heterocycles. The van der Waals surface area contributed by atoms with Gasteiger partial charge in [-0.25, -0.2) is 0 Å². The normalized spacial score (nSPS) is 23.3. The number of amidine groups is 1. The molecule has 1 heterocycles. The average Bonchev–Trinajstić information content (AvgIpc) is 2.26. The number of morpholine rings is 1. The number of hydrogen-bond acceptors (Lipinski definition) is 4. The van der Waals surface area contributed by atoms with Crippen molar-refractivity contribution in [3.8, 4) is 0 Å². The molecule has 0 saturated carbocycles. The molecule has 1 aliphatic heterocycles. The number of oxime groups is 1. The Kier molecular flexibility index (Phi) is 3.74. The highest BCUT2D eigenvalue weighted by molar-refractivity contribution is 5.86. The molecule has 1 aliphatic rings. The smallest absolute Gasteiger partial charge is 0.228 e. The van der Waals surface area contributed by atoms with Crippen molar-refractivity contribution in [1.29, 1.82) is 0 Å². The zero-order valence-electron chi connectivity index (χ0n) is 9.93. The predicted molar refractivity (Wildman–Crippen MR) is 59.2 cm³/mol. The molecule has 0 aromatic carbocycles. The van der Waals surface area contributed by atoms with Crippen molar-refractivity contribution in [3.05, 3.63) is 0 Å². The van der Waals surface area contributed by atoms with E-state index in [4.69, 9.17) is 15.7 Å². The van der Waals surface area contributed by atoms with E-state index in [-0.39, 0.29) is 11.7 Å². The molecular formula is C10H19N3O3. The minimum Gasteiger partial charge on any atom is -0.409 e. The molecule has 3 N–H and O–H groups in total. The van der Waals surface area contributed by atoms with Crippen LogP contribution in [0.5, 0.6) is 0 Å². The van der Waals surface area contributed by atoms with Gasteiger partial charge in [0.25, 0.3) is 0 Å². The van der Waals surface area contributed by atoms with Crippen molar-refractivity contribution in [2.75, 3.05) is 19.7 Å². The molecular weight excluding hydrogens is 210 g/mol. The molecule has 0 radical (unpaired) electrons. The zero-order chi connectivity index (χ0) is 12.3. The number of carbonyl (C=O) groups is 1. The summed E-state index contributed by atoms with van der Waals surface area (Å²) in [5, 5.41) is 11.5. The van der Waals surface area contributed by atoms with Crippen molar-refractivity contribution in [3.63, 3.8) is 0 Å². The van der Waals surface area contributed by atoms with Crippen molar-refractivity contribution < 1.29 is 14.7 Å². The third-order valence-corrected chi connectivity index (χ3v) is 2.44. The van der Waals surface area contributed by atoms with Crippen molar-refractivity contribution in [1.82, 2.24) is 4.90 Å². The first-order valence-corrected chi connectivity index (χ1v) is 5.24. The predicted octanol–water partition coefficient (Wildman–Crippen LogP) is 0.00630. The van der Waals surface area contributed by atoms with E-state index in [2.05, 4.69) is 5.16 Å². The highest BCUT2D eigenvalue weighted by Gasteiger charge is 2.32. The quantitative estimate of drug-likeness (QED) is 0.287. The lowest BCUT2D eigenvalue weighted by Gasteiger charge is -2.35. The van der Waals surface area contributed by atoms with Crippen LogP contribution < -0.4 is 5.73 Å². The Morgan fingerprint density at radius 3 is 2.69 bits per heavy atom. The molecule has 0 spiro atoms. The topological polar surface area (TPSA) is 88.2 Å². The minimum atomic E-state index is -0.509. The highest BCUT2D eigenvalue weighted by atomic mass is 16.5. The number of hydrogen-bond donors (Lipinski definition) is 2. The van der Waals surface area contributed by atoms with E-state index in [0.29, 0.717) is 19.7 Å². The summed E-state index contributed by atoms with van der Waals surface area (Å²) >= 11 is 0. The van der Waals surface area contributed by atoms with Crippen LogP contribution >= 0.6 is 0 Å². The SMILES string of the molecule is CC(C)(C)C(=O)N1CCOC(C(N)=NO)C1. The highest BCUT2D eigenvalue weighted by Crippen LogP contribution is 2.19. The molecule has 1 atom stereocenters. The van der Waals surface area contributed by atoms with E-state index < -0.39 is 11.5 Å². The molecule has 1 unspecified atom stereocenters. The zero-order valence-corrected chi connectivity index (χ0v) is 9.93. The fraction of sp³-hybridized carbons (Fsp3) is 0.800. The Hall–Kier alpha value is -1.30. The van der Waals surface area contributed by atoms with Gasteiger partial charge in [-0.05, 0) is 0 Å². The molecule has 6 nitrogen and oxygen atoms in total. The molecule has 1 amide bonds. The van der Waals surface area contributed by atoms with Gasteiger partial charge in [0.2, 0.25) is 5.91 Å². The van der Waals surface area contributed by atoms with Crippen LogP contribution in [-0.2, 0) is 9.53 Å². The lowest BCUT2D eigenvalue weighted by Crippen LogP contribution is -2.53. The third kappa shape index (κ3) is 2.85. The van der Waals surface area contributed by atoms with Crippen LogP contribution in [0.1, 0.15) is 20.8 Å². The summed E-state index contributed by atoms with van der Waals surface area (Å²) < 4.78 is 5.31. The van der Waals surface area contributed by atoms with E-state index in [1.165, 1.54) is 0 Å². The van der Waals surface area contributed by atoms with Gasteiger partial charge in [-0.15, -0.1) is 0 Å². The molecule has 0 aliphatic carbocycles. The molecule has 6 heteroatoms. The second kappa shape index (κ2) is 4.69. The van der Waals surface area contributed by atoms with Crippen molar-refractivity contribution in [2.45, 2.75) is 26.9 Å². The Morgan fingerprint density at radius 2 is 2.19 bits per heavy atom. The second-order valence-electron chi connectivity index (χ2n) is 4.89. The van der Waals surface area contributed by atoms with Crippen LogP contribution in [0.25, 0.3) is 0 Å². The number of nitrogens with two attached hydrogens (primary N) is 1. The summed E-state index contributed by atoms with van der Waals surface area (Å²) in [4.78, 5) is 13.7. The summed E-state index contributed by atoms with van der Waals surface area (Å²) in [5.41, 5.74) is 5.03. The molecule has 92 valence electrons. The fourth-order valence-electron chi connectivity index (χ4n) is 1.55. The van der Waals surface area contributed by atoms with Gasteiger partial charge in [0.05, 0.1) is 13.2 Å². The molecule has 1 fully saturated rings. The van der Waals surface area contributed by atoms with Crippen LogP contribution in [0.2, 0.25) is 0 Å². The largest absolute Gasteiger partial charge is 0.409 e. The fourth-order valence-corrected chi connectivity index (χ4v) is 1.55. The average molecular weight is 229 g/mol. The van der Waals surface area contributed by atoms with Gasteiger partial charge in [-0.3, -0.25) is 4.79 Å². The Bertz CT molecular complexity index is 296. The lowest BCUT2D eigenvalue weighted by molar-refractivity contribution is -0.145. The molecule has 16 heavy (non-hydrogen) atoms. The van der Waals surface area contributed by atoms with Gasteiger partial charge < -0.3 is 20.6 Å². The number of rotatable bonds is 1. The van der Waals surface area contributed by atoms with Crippen molar-refractivity contribution >= 4 is 11.7 Å². The minimum absolute atomic E-state index is 0.00593. The Morgan fingerprint density at radius 1 is 1.56 bits per heavy atom. The maximum atomic E-state index is 12.0. The maximum Gasteiger partial charge on any atom is 0.228 e. The van der Waals surface area contributed by atoms with Crippen LogP contribution in [-0.4, -0.2) is 47.7 Å². The Labute approximate surface area is 95.0 Å². The number of carbonyl (C=O) groups excluding carboxylic acids is 1. The van der Waals surface area contributed by atoms with Crippen LogP contribution in [0, 0.1) is 5.41 Å². The van der Waals surface area contributed by atoms with Gasteiger partial charge in [0.1, 0.15) is 6.10 Å². The number of ether oxygens (including phenoxy) is 1. The standard InChI is InChI=1S/C10H19N3O3/c1-10(2,3)9(14)13-4-5-16-7(6-13)8(11)12-15/h7,15H,4-6H2,1-3H3,(H2,11,12). The summed E-state index contributed by atoms with van der Waals surface area (Å²) in [5.74, 6) is 0.0537. The molecule has 0 bridgehead atoms. The van der Waals surface area contributed by atoms with Crippen LogP contribution in [0.15, 0.2) is 5.16 Å².